The van der Waals surface area contributed by atoms with E-state index in [1.165, 1.54) is 0 Å². The Hall–Kier alpha value is -1.43. The Balaban J connectivity index is 2.05. The summed E-state index contributed by atoms with van der Waals surface area (Å²) in [6.45, 7) is 3.85. The Morgan fingerprint density at radius 2 is 1.70 bits per heavy atom. The lowest BCUT2D eigenvalue weighted by atomic mass is 10.1. The third-order valence-electron chi connectivity index (χ3n) is 3.06. The van der Waals surface area contributed by atoms with Crippen LogP contribution < -0.4 is 5.32 Å². The highest BCUT2D eigenvalue weighted by molar-refractivity contribution is 14.1. The minimum Gasteiger partial charge on any atom is -0.348 e. The summed E-state index contributed by atoms with van der Waals surface area (Å²) in [5, 5.41) is 2.84. The van der Waals surface area contributed by atoms with Crippen LogP contribution in [0.4, 0.5) is 4.39 Å². The molecule has 0 unspecified atom stereocenters. The van der Waals surface area contributed by atoms with E-state index in [4.69, 9.17) is 0 Å². The SMILES string of the molecule is Cc1cc(CNC(=O)c2ccc(I)cc2)cc(C)c1F. The minimum absolute atomic E-state index is 0.124. The first-order valence-electron chi connectivity index (χ1n) is 6.27. The van der Waals surface area contributed by atoms with Gasteiger partial charge in [-0.15, -0.1) is 0 Å². The number of amides is 1. The molecule has 2 aromatic rings. The van der Waals surface area contributed by atoms with Crippen molar-refractivity contribution in [1.29, 1.82) is 0 Å². The van der Waals surface area contributed by atoms with E-state index in [-0.39, 0.29) is 11.7 Å². The van der Waals surface area contributed by atoms with Crippen molar-refractivity contribution >= 4 is 28.5 Å². The summed E-state index contributed by atoms with van der Waals surface area (Å²) in [6, 6.07) is 10.9. The van der Waals surface area contributed by atoms with Gasteiger partial charge in [-0.2, -0.15) is 0 Å². The molecule has 104 valence electrons. The van der Waals surface area contributed by atoms with E-state index >= 15 is 0 Å². The van der Waals surface area contributed by atoms with E-state index in [1.807, 2.05) is 12.1 Å². The second-order valence-electron chi connectivity index (χ2n) is 4.73. The molecule has 0 saturated heterocycles. The number of carbonyl (C=O) groups is 1. The van der Waals surface area contributed by atoms with Crippen molar-refractivity contribution in [3.8, 4) is 0 Å². The van der Waals surface area contributed by atoms with Gasteiger partial charge in [0.1, 0.15) is 5.82 Å². The number of halogens is 2. The molecule has 2 rings (SSSR count). The average Bonchev–Trinajstić information content (AvgIpc) is 2.42. The van der Waals surface area contributed by atoms with Gasteiger partial charge in [0.2, 0.25) is 0 Å². The predicted octanol–water partition coefficient (Wildman–Crippen LogP) is 3.98. The Labute approximate surface area is 131 Å². The standard InChI is InChI=1S/C16H15FINO/c1-10-7-12(8-11(2)15(10)17)9-19-16(20)13-3-5-14(18)6-4-13/h3-8H,9H2,1-2H3,(H,19,20). The number of nitrogens with one attached hydrogen (secondary N) is 1. The summed E-state index contributed by atoms with van der Waals surface area (Å²) in [5.74, 6) is -0.307. The van der Waals surface area contributed by atoms with Gasteiger partial charge < -0.3 is 5.32 Å². The average molecular weight is 383 g/mol. The number of aryl methyl sites for hydroxylation is 2. The molecular formula is C16H15FINO. The maximum Gasteiger partial charge on any atom is 0.251 e. The number of hydrogen-bond acceptors (Lipinski definition) is 1. The van der Waals surface area contributed by atoms with Crippen LogP contribution in [0, 0.1) is 23.2 Å². The summed E-state index contributed by atoms with van der Waals surface area (Å²) < 4.78 is 14.6. The van der Waals surface area contributed by atoms with E-state index in [9.17, 15) is 9.18 Å². The van der Waals surface area contributed by atoms with Gasteiger partial charge >= 0.3 is 0 Å². The molecule has 2 aromatic carbocycles. The highest BCUT2D eigenvalue weighted by atomic mass is 127. The van der Waals surface area contributed by atoms with Crippen LogP contribution in [0.5, 0.6) is 0 Å². The topological polar surface area (TPSA) is 29.1 Å². The van der Waals surface area contributed by atoms with Crippen molar-refractivity contribution in [3.05, 3.63) is 68.0 Å². The van der Waals surface area contributed by atoms with Gasteiger partial charge in [-0.25, -0.2) is 4.39 Å². The Kier molecular flexibility index (Phi) is 4.75. The molecule has 1 amide bonds. The van der Waals surface area contributed by atoms with E-state index in [0.717, 1.165) is 9.13 Å². The zero-order chi connectivity index (χ0) is 14.7. The van der Waals surface area contributed by atoms with E-state index in [1.54, 1.807) is 38.1 Å². The predicted molar refractivity (Wildman–Crippen MR) is 86.2 cm³/mol. The van der Waals surface area contributed by atoms with E-state index in [2.05, 4.69) is 27.9 Å². The molecule has 0 saturated carbocycles. The minimum atomic E-state index is -0.183. The fourth-order valence-electron chi connectivity index (χ4n) is 2.02. The van der Waals surface area contributed by atoms with Gasteiger partial charge in [0, 0.05) is 15.7 Å². The van der Waals surface area contributed by atoms with Crippen LogP contribution in [0.3, 0.4) is 0 Å². The molecule has 4 heteroatoms. The first-order valence-corrected chi connectivity index (χ1v) is 7.34. The molecule has 0 heterocycles. The molecular weight excluding hydrogens is 368 g/mol. The summed E-state index contributed by atoms with van der Waals surface area (Å²) in [5.41, 5.74) is 2.73. The lowest BCUT2D eigenvalue weighted by Gasteiger charge is -2.09. The van der Waals surface area contributed by atoms with Crippen molar-refractivity contribution in [2.45, 2.75) is 20.4 Å². The maximum atomic E-state index is 13.5. The highest BCUT2D eigenvalue weighted by Crippen LogP contribution is 2.15. The Bertz CT molecular complexity index is 614. The molecule has 0 aliphatic rings. The van der Waals surface area contributed by atoms with Crippen LogP contribution in [-0.4, -0.2) is 5.91 Å². The molecule has 0 atom stereocenters. The fourth-order valence-corrected chi connectivity index (χ4v) is 2.38. The monoisotopic (exact) mass is 383 g/mol. The van der Waals surface area contributed by atoms with Crippen LogP contribution in [0.25, 0.3) is 0 Å². The summed E-state index contributed by atoms with van der Waals surface area (Å²) in [7, 11) is 0. The van der Waals surface area contributed by atoms with Crippen molar-refractivity contribution in [3.63, 3.8) is 0 Å². The van der Waals surface area contributed by atoms with Crippen molar-refractivity contribution in [2.75, 3.05) is 0 Å². The van der Waals surface area contributed by atoms with Gasteiger partial charge in [-0.1, -0.05) is 12.1 Å². The Morgan fingerprint density at radius 3 is 2.25 bits per heavy atom. The van der Waals surface area contributed by atoms with Gasteiger partial charge in [0.05, 0.1) is 0 Å². The van der Waals surface area contributed by atoms with Crippen LogP contribution in [0.2, 0.25) is 0 Å². The second kappa shape index (κ2) is 6.35. The normalized spacial score (nSPS) is 10.4. The number of rotatable bonds is 3. The molecule has 0 aliphatic carbocycles. The Morgan fingerprint density at radius 1 is 1.15 bits per heavy atom. The lowest BCUT2D eigenvalue weighted by Crippen LogP contribution is -2.22. The lowest BCUT2D eigenvalue weighted by molar-refractivity contribution is 0.0951. The van der Waals surface area contributed by atoms with E-state index < -0.39 is 0 Å². The van der Waals surface area contributed by atoms with E-state index in [0.29, 0.717) is 23.2 Å². The molecule has 0 aromatic heterocycles. The number of hydrogen-bond donors (Lipinski definition) is 1. The van der Waals surface area contributed by atoms with Crippen molar-refractivity contribution < 1.29 is 9.18 Å². The molecule has 0 spiro atoms. The van der Waals surface area contributed by atoms with Crippen LogP contribution in [0.1, 0.15) is 27.0 Å². The van der Waals surface area contributed by atoms with Gasteiger partial charge in [0.25, 0.3) is 5.91 Å². The van der Waals surface area contributed by atoms with Crippen molar-refractivity contribution in [2.24, 2.45) is 0 Å². The zero-order valence-electron chi connectivity index (χ0n) is 11.3. The van der Waals surface area contributed by atoms with Crippen LogP contribution in [0.15, 0.2) is 36.4 Å². The third kappa shape index (κ3) is 3.56. The molecule has 2 nitrogen and oxygen atoms in total. The molecule has 0 fully saturated rings. The highest BCUT2D eigenvalue weighted by Gasteiger charge is 2.07. The molecule has 0 bridgehead atoms. The summed E-state index contributed by atoms with van der Waals surface area (Å²) >= 11 is 2.19. The molecule has 0 radical (unpaired) electrons. The second-order valence-corrected chi connectivity index (χ2v) is 5.98. The summed E-state index contributed by atoms with van der Waals surface area (Å²) in [4.78, 5) is 12.0. The fraction of sp³-hybridized carbons (Fsp3) is 0.188. The maximum absolute atomic E-state index is 13.5. The molecule has 1 N–H and O–H groups in total. The van der Waals surface area contributed by atoms with Crippen LogP contribution in [-0.2, 0) is 6.54 Å². The largest absolute Gasteiger partial charge is 0.348 e. The van der Waals surface area contributed by atoms with Gasteiger partial charge in [-0.3, -0.25) is 4.79 Å². The first-order chi connectivity index (χ1) is 9.47. The third-order valence-corrected chi connectivity index (χ3v) is 3.77. The molecule has 20 heavy (non-hydrogen) atoms. The van der Waals surface area contributed by atoms with Gasteiger partial charge in [0.15, 0.2) is 0 Å². The smallest absolute Gasteiger partial charge is 0.251 e. The first kappa shape index (κ1) is 15.0. The number of benzene rings is 2. The summed E-state index contributed by atoms with van der Waals surface area (Å²) in [6.07, 6.45) is 0. The quantitative estimate of drug-likeness (QED) is 0.799. The number of carbonyl (C=O) groups excluding carboxylic acids is 1. The molecule has 0 aliphatic heterocycles. The zero-order valence-corrected chi connectivity index (χ0v) is 13.5. The van der Waals surface area contributed by atoms with Crippen LogP contribution >= 0.6 is 22.6 Å². The van der Waals surface area contributed by atoms with Crippen molar-refractivity contribution in [1.82, 2.24) is 5.32 Å². The van der Waals surface area contributed by atoms with Gasteiger partial charge in [-0.05, 0) is 77.4 Å².